The summed E-state index contributed by atoms with van der Waals surface area (Å²) in [5, 5.41) is 13.9. The molecule has 0 amide bonds. The summed E-state index contributed by atoms with van der Waals surface area (Å²) in [6.45, 7) is 0. The number of benzene rings is 3. The first-order valence-electron chi connectivity index (χ1n) is 6.06. The van der Waals surface area contributed by atoms with Gasteiger partial charge in [-0.2, -0.15) is 0 Å². The van der Waals surface area contributed by atoms with Gasteiger partial charge in [0, 0.05) is 16.5 Å². The number of para-hydroxylation sites is 1. The van der Waals surface area contributed by atoms with Crippen LogP contribution in [0.5, 0.6) is 5.75 Å². The molecule has 0 saturated carbocycles. The molecule has 0 bridgehead atoms. The Hall–Kier alpha value is -2.68. The fourth-order valence-corrected chi connectivity index (χ4v) is 2.62. The number of phenols is 1. The van der Waals surface area contributed by atoms with Gasteiger partial charge in [0.15, 0.2) is 11.3 Å². The van der Waals surface area contributed by atoms with E-state index in [4.69, 9.17) is 10.2 Å². The number of rotatable bonds is 0. The Balaban J connectivity index is 2.34. The van der Waals surface area contributed by atoms with Crippen molar-refractivity contribution >= 4 is 38.4 Å². The van der Waals surface area contributed by atoms with E-state index in [0.29, 0.717) is 5.58 Å². The number of phenolic OH excluding ortho intramolecular Hbond substituents is 1. The van der Waals surface area contributed by atoms with E-state index in [1.165, 1.54) is 0 Å². The van der Waals surface area contributed by atoms with Crippen LogP contribution in [0.1, 0.15) is 0 Å². The fraction of sp³-hybridized carbons (Fsp3) is 0. The van der Waals surface area contributed by atoms with Crippen molar-refractivity contribution in [2.24, 2.45) is 0 Å². The van der Waals surface area contributed by atoms with Gasteiger partial charge >= 0.3 is 0 Å². The zero-order valence-electron chi connectivity index (χ0n) is 10.1. The number of nitrogen functional groups attached to an aromatic ring is 1. The molecule has 4 rings (SSSR count). The van der Waals surface area contributed by atoms with Crippen molar-refractivity contribution in [3.63, 3.8) is 0 Å². The minimum atomic E-state index is 0.158. The Morgan fingerprint density at radius 1 is 0.947 bits per heavy atom. The number of fused-ring (bicyclic) bond motifs is 5. The van der Waals surface area contributed by atoms with Gasteiger partial charge in [-0.15, -0.1) is 0 Å². The first-order valence-corrected chi connectivity index (χ1v) is 6.06. The van der Waals surface area contributed by atoms with Crippen LogP contribution in [0.2, 0.25) is 0 Å². The van der Waals surface area contributed by atoms with Crippen LogP contribution in [0.25, 0.3) is 32.7 Å². The molecule has 0 unspecified atom stereocenters. The van der Waals surface area contributed by atoms with Crippen LogP contribution < -0.4 is 5.73 Å². The summed E-state index contributed by atoms with van der Waals surface area (Å²) in [5.41, 5.74) is 7.87. The quantitative estimate of drug-likeness (QED) is 0.462. The van der Waals surface area contributed by atoms with E-state index in [9.17, 15) is 5.11 Å². The lowest BCUT2D eigenvalue weighted by molar-refractivity contribution is 0.469. The number of anilines is 1. The van der Waals surface area contributed by atoms with Crippen LogP contribution in [0.3, 0.4) is 0 Å². The maximum atomic E-state index is 9.88. The smallest absolute Gasteiger partial charge is 0.177 e. The number of furan rings is 1. The fourth-order valence-electron chi connectivity index (χ4n) is 2.62. The van der Waals surface area contributed by atoms with Crippen molar-refractivity contribution in [3.8, 4) is 5.75 Å². The van der Waals surface area contributed by atoms with Gasteiger partial charge in [0.25, 0.3) is 0 Å². The average Bonchev–Trinajstić information content (AvgIpc) is 2.79. The highest BCUT2D eigenvalue weighted by Gasteiger charge is 2.12. The van der Waals surface area contributed by atoms with Gasteiger partial charge in [-0.25, -0.2) is 0 Å². The van der Waals surface area contributed by atoms with Crippen LogP contribution in [-0.2, 0) is 0 Å². The van der Waals surface area contributed by atoms with Crippen molar-refractivity contribution < 1.29 is 9.52 Å². The molecule has 3 aromatic carbocycles. The Morgan fingerprint density at radius 3 is 2.68 bits per heavy atom. The molecule has 19 heavy (non-hydrogen) atoms. The third-order valence-electron chi connectivity index (χ3n) is 3.48. The zero-order valence-corrected chi connectivity index (χ0v) is 10.1. The van der Waals surface area contributed by atoms with Crippen LogP contribution in [0.4, 0.5) is 5.69 Å². The summed E-state index contributed by atoms with van der Waals surface area (Å²) in [7, 11) is 0. The summed E-state index contributed by atoms with van der Waals surface area (Å²) < 4.78 is 5.74. The standard InChI is InChI=1S/C16H11NO2/c17-10-6-4-9-5-7-14-15(12(9)8-10)11-2-1-3-13(18)16(11)19-14/h1-8,18H,17H2. The third kappa shape index (κ3) is 1.32. The molecule has 3 N–H and O–H groups in total. The molecular formula is C16H11NO2. The molecule has 4 aromatic rings. The molecule has 3 nitrogen and oxygen atoms in total. The highest BCUT2D eigenvalue weighted by molar-refractivity contribution is 6.19. The molecule has 92 valence electrons. The minimum Gasteiger partial charge on any atom is -0.504 e. The zero-order chi connectivity index (χ0) is 13.0. The van der Waals surface area contributed by atoms with Crippen LogP contribution in [0, 0.1) is 0 Å². The monoisotopic (exact) mass is 249 g/mol. The Morgan fingerprint density at radius 2 is 1.79 bits per heavy atom. The first kappa shape index (κ1) is 10.3. The van der Waals surface area contributed by atoms with Gasteiger partial charge in [0.05, 0.1) is 0 Å². The van der Waals surface area contributed by atoms with E-state index in [-0.39, 0.29) is 5.75 Å². The second kappa shape index (κ2) is 3.42. The lowest BCUT2D eigenvalue weighted by Crippen LogP contribution is -1.83. The molecule has 0 aliphatic rings. The number of hydrogen-bond acceptors (Lipinski definition) is 3. The normalized spacial score (nSPS) is 11.6. The van der Waals surface area contributed by atoms with Crippen molar-refractivity contribution in [2.75, 3.05) is 5.73 Å². The van der Waals surface area contributed by atoms with E-state index in [1.807, 2.05) is 42.5 Å². The Labute approximate surface area is 108 Å². The van der Waals surface area contributed by atoms with Gasteiger partial charge < -0.3 is 15.3 Å². The highest BCUT2D eigenvalue weighted by atomic mass is 16.4. The second-order valence-corrected chi connectivity index (χ2v) is 4.68. The molecule has 0 fully saturated rings. The van der Waals surface area contributed by atoms with E-state index in [0.717, 1.165) is 32.8 Å². The van der Waals surface area contributed by atoms with Crippen molar-refractivity contribution in [3.05, 3.63) is 48.5 Å². The van der Waals surface area contributed by atoms with Gasteiger partial charge in [-0.05, 0) is 35.0 Å². The highest BCUT2D eigenvalue weighted by Crippen LogP contribution is 2.38. The summed E-state index contributed by atoms with van der Waals surface area (Å²) in [4.78, 5) is 0. The Kier molecular flexibility index (Phi) is 1.85. The molecule has 0 radical (unpaired) electrons. The molecular weight excluding hydrogens is 238 g/mol. The first-order chi connectivity index (χ1) is 9.24. The summed E-state index contributed by atoms with van der Waals surface area (Å²) in [5.74, 6) is 0.158. The second-order valence-electron chi connectivity index (χ2n) is 4.68. The number of hydrogen-bond donors (Lipinski definition) is 2. The Bertz CT molecular complexity index is 938. The molecule has 0 atom stereocenters. The molecule has 0 aliphatic heterocycles. The SMILES string of the molecule is Nc1ccc2ccc3oc4c(O)cccc4c3c2c1. The lowest BCUT2D eigenvalue weighted by Gasteiger charge is -2.01. The van der Waals surface area contributed by atoms with Crippen molar-refractivity contribution in [1.29, 1.82) is 0 Å². The van der Waals surface area contributed by atoms with Crippen LogP contribution in [-0.4, -0.2) is 5.11 Å². The van der Waals surface area contributed by atoms with Crippen LogP contribution >= 0.6 is 0 Å². The van der Waals surface area contributed by atoms with E-state index in [1.54, 1.807) is 6.07 Å². The molecule has 0 saturated heterocycles. The lowest BCUT2D eigenvalue weighted by atomic mass is 10.0. The van der Waals surface area contributed by atoms with E-state index >= 15 is 0 Å². The topological polar surface area (TPSA) is 59.4 Å². The third-order valence-corrected chi connectivity index (χ3v) is 3.48. The van der Waals surface area contributed by atoms with Crippen molar-refractivity contribution in [2.45, 2.75) is 0 Å². The minimum absolute atomic E-state index is 0.158. The predicted molar refractivity (Wildman–Crippen MR) is 77.3 cm³/mol. The maximum absolute atomic E-state index is 9.88. The largest absolute Gasteiger partial charge is 0.504 e. The van der Waals surface area contributed by atoms with E-state index < -0.39 is 0 Å². The molecule has 1 heterocycles. The molecule has 3 heteroatoms. The van der Waals surface area contributed by atoms with Crippen LogP contribution in [0.15, 0.2) is 52.9 Å². The van der Waals surface area contributed by atoms with Gasteiger partial charge in [0.1, 0.15) is 5.58 Å². The maximum Gasteiger partial charge on any atom is 0.177 e. The number of aromatic hydroxyl groups is 1. The summed E-state index contributed by atoms with van der Waals surface area (Å²) >= 11 is 0. The molecule has 1 aromatic heterocycles. The summed E-state index contributed by atoms with van der Waals surface area (Å²) in [6.07, 6.45) is 0. The van der Waals surface area contributed by atoms with Gasteiger partial charge in [0.2, 0.25) is 0 Å². The van der Waals surface area contributed by atoms with Gasteiger partial charge in [-0.1, -0.05) is 24.3 Å². The number of nitrogens with two attached hydrogens (primary N) is 1. The molecule has 0 spiro atoms. The van der Waals surface area contributed by atoms with Crippen molar-refractivity contribution in [1.82, 2.24) is 0 Å². The molecule has 0 aliphatic carbocycles. The summed E-state index contributed by atoms with van der Waals surface area (Å²) in [6, 6.07) is 15.1. The van der Waals surface area contributed by atoms with Gasteiger partial charge in [-0.3, -0.25) is 0 Å². The predicted octanol–water partition coefficient (Wildman–Crippen LogP) is 4.03. The average molecular weight is 249 g/mol. The van der Waals surface area contributed by atoms with E-state index in [2.05, 4.69) is 0 Å².